The number of likely N-dealkylation sites (N-methyl/N-ethyl adjacent to an activating group) is 1. The lowest BCUT2D eigenvalue weighted by atomic mass is 9.97. The number of carbonyl (C=O) groups excluding carboxylic acids is 7. The van der Waals surface area contributed by atoms with Crippen LogP contribution in [-0.2, 0) is 38.1 Å². The fraction of sp³-hybridized carbons (Fsp3) is 0.389. The summed E-state index contributed by atoms with van der Waals surface area (Å²) < 4.78 is 28.9. The molecule has 3 aliphatic heterocycles. The third-order valence-corrected chi connectivity index (χ3v) is 14.9. The van der Waals surface area contributed by atoms with Gasteiger partial charge in [0, 0.05) is 121 Å². The predicted molar refractivity (Wildman–Crippen MR) is 291 cm³/mol. The summed E-state index contributed by atoms with van der Waals surface area (Å²) in [6, 6.07) is 15.9. The molecule has 1 atom stereocenters. The first-order valence-electron chi connectivity index (χ1n) is 25.4. The summed E-state index contributed by atoms with van der Waals surface area (Å²) >= 11 is 8.09. The summed E-state index contributed by atoms with van der Waals surface area (Å²) in [5.41, 5.74) is 5.81. The summed E-state index contributed by atoms with van der Waals surface area (Å²) in [5.74, 6) is -1.42. The Morgan fingerprint density at radius 3 is 2.00 bits per heavy atom. The van der Waals surface area contributed by atoms with E-state index in [-0.39, 0.29) is 62.1 Å². The third-order valence-electron chi connectivity index (χ3n) is 13.4. The molecule has 1 fully saturated rings. The number of halogens is 1. The van der Waals surface area contributed by atoms with Crippen LogP contribution in [0.15, 0.2) is 72.1 Å². The van der Waals surface area contributed by atoms with Crippen LogP contribution < -0.4 is 25.6 Å². The van der Waals surface area contributed by atoms with Crippen molar-refractivity contribution in [2.24, 2.45) is 0 Å². The highest BCUT2D eigenvalue weighted by atomic mass is 35.5. The topological polar surface area (TPSA) is 246 Å². The van der Waals surface area contributed by atoms with Crippen LogP contribution in [0, 0.1) is 6.92 Å². The molecule has 23 heteroatoms. The number of fused-ring (bicyclic) bond motifs is 5. The van der Waals surface area contributed by atoms with Gasteiger partial charge in [0.25, 0.3) is 23.6 Å². The third kappa shape index (κ3) is 13.3. The van der Waals surface area contributed by atoms with E-state index in [4.69, 9.17) is 35.3 Å². The fourth-order valence-electron chi connectivity index (χ4n) is 9.31. The lowest BCUT2D eigenvalue weighted by molar-refractivity contribution is -0.137. The number of piperazine rings is 1. The molecule has 3 aromatic heterocycles. The summed E-state index contributed by atoms with van der Waals surface area (Å²) in [5, 5.41) is 12.9. The summed E-state index contributed by atoms with van der Waals surface area (Å²) in [6.07, 6.45) is 2.09. The zero-order chi connectivity index (χ0) is 54.0. The van der Waals surface area contributed by atoms with Gasteiger partial charge in [-0.25, -0.2) is 4.79 Å². The van der Waals surface area contributed by atoms with Gasteiger partial charge in [-0.05, 0) is 79.0 Å². The maximum Gasteiger partial charge on any atom is 0.415 e. The van der Waals surface area contributed by atoms with Crippen molar-refractivity contribution in [3.8, 4) is 5.75 Å². The molecule has 3 aliphatic rings. The molecule has 21 nitrogen and oxygen atoms in total. The number of rotatable bonds is 24. The number of hydrogen-bond donors (Lipinski definition) is 5. The highest BCUT2D eigenvalue weighted by Gasteiger charge is 2.37. The van der Waals surface area contributed by atoms with Gasteiger partial charge in [-0.2, -0.15) is 0 Å². The molecule has 0 aliphatic carbocycles. The molecule has 406 valence electrons. The Bertz CT molecular complexity index is 3200. The maximum absolute atomic E-state index is 14.4. The van der Waals surface area contributed by atoms with Crippen molar-refractivity contribution in [2.45, 2.75) is 25.7 Å². The Balaban J connectivity index is 0.686. The second kappa shape index (κ2) is 25.3. The first-order chi connectivity index (χ1) is 37.3. The molecular formula is C54H60ClN9O12S. The van der Waals surface area contributed by atoms with Crippen LogP contribution in [0.4, 0.5) is 21.9 Å². The number of amides is 7. The van der Waals surface area contributed by atoms with Crippen molar-refractivity contribution in [1.29, 1.82) is 0 Å². The number of aromatic nitrogens is 2. The second-order valence-corrected chi connectivity index (χ2v) is 20.0. The minimum atomic E-state index is -0.418. The van der Waals surface area contributed by atoms with Gasteiger partial charge in [-0.15, -0.1) is 22.9 Å². The highest BCUT2D eigenvalue weighted by Crippen LogP contribution is 2.49. The van der Waals surface area contributed by atoms with Gasteiger partial charge in [0.1, 0.15) is 11.4 Å². The minimum absolute atomic E-state index is 0.0211. The van der Waals surface area contributed by atoms with Gasteiger partial charge in [0.2, 0.25) is 11.8 Å². The van der Waals surface area contributed by atoms with Crippen LogP contribution in [0.1, 0.15) is 50.9 Å². The van der Waals surface area contributed by atoms with Crippen molar-refractivity contribution in [1.82, 2.24) is 30.0 Å². The van der Waals surface area contributed by atoms with Crippen molar-refractivity contribution in [3.63, 3.8) is 0 Å². The average Bonchev–Trinajstić information content (AvgIpc) is 4.32. The van der Waals surface area contributed by atoms with E-state index in [1.807, 2.05) is 19.4 Å². The first kappa shape index (κ1) is 54.6. The fourth-order valence-corrected chi connectivity index (χ4v) is 10.6. The lowest BCUT2D eigenvalue weighted by Gasteiger charge is -2.31. The number of thiophene rings is 1. The van der Waals surface area contributed by atoms with E-state index in [0.717, 1.165) is 44.6 Å². The minimum Gasteiger partial charge on any atom is -0.409 e. The number of ether oxygens (including phenoxy) is 5. The van der Waals surface area contributed by atoms with E-state index in [0.29, 0.717) is 122 Å². The van der Waals surface area contributed by atoms with Crippen LogP contribution >= 0.6 is 22.9 Å². The average molecular weight is 1090 g/mol. The van der Waals surface area contributed by atoms with Crippen molar-refractivity contribution < 1.29 is 57.2 Å². The molecule has 0 bridgehead atoms. The number of nitrogens with zero attached hydrogens (tertiary/aromatic N) is 4. The van der Waals surface area contributed by atoms with E-state index in [1.54, 1.807) is 64.4 Å². The molecule has 3 aromatic carbocycles. The molecule has 77 heavy (non-hydrogen) atoms. The number of benzene rings is 3. The van der Waals surface area contributed by atoms with Crippen LogP contribution in [0.2, 0.25) is 0 Å². The van der Waals surface area contributed by atoms with Gasteiger partial charge in [0.05, 0.1) is 69.7 Å². The number of H-pyrrole nitrogens is 2. The molecule has 5 N–H and O–H groups in total. The number of aryl methyl sites for hydroxylation is 1. The number of imide groups is 1. The Labute approximate surface area is 452 Å². The molecule has 0 saturated carbocycles. The summed E-state index contributed by atoms with van der Waals surface area (Å²) in [4.78, 5) is 102. The number of aromatic amines is 2. The monoisotopic (exact) mass is 1090 g/mol. The molecule has 7 amide bonds. The molecule has 0 radical (unpaired) electrons. The van der Waals surface area contributed by atoms with Crippen LogP contribution in [0.5, 0.6) is 5.75 Å². The summed E-state index contributed by atoms with van der Waals surface area (Å²) in [6.45, 7) is 7.83. The number of nitrogens with one attached hydrogen (secondary N) is 5. The Morgan fingerprint density at radius 1 is 0.727 bits per heavy atom. The van der Waals surface area contributed by atoms with Gasteiger partial charge in [0.15, 0.2) is 5.75 Å². The molecule has 6 aromatic rings. The van der Waals surface area contributed by atoms with Gasteiger partial charge in [-0.3, -0.25) is 33.7 Å². The SMILES string of the molecule is Cc1csc2c(OC(=O)N3CCN(C)CC3)cc3c(c12)[C@H](CCl)CN3C(=O)c1cc2cc(NC(=O)c3cc4cc(NC(=O)CCOCCOCCOCCOCCNC(=O)CCN5C(=O)C=CC5=O)ccc4[nH]3)ccc2[nH]1. The maximum atomic E-state index is 14.4. The first-order valence-corrected chi connectivity index (χ1v) is 26.8. The van der Waals surface area contributed by atoms with E-state index in [2.05, 4.69) is 30.8 Å². The number of hydrogen-bond acceptors (Lipinski definition) is 14. The van der Waals surface area contributed by atoms with Crippen molar-refractivity contribution in [3.05, 3.63) is 94.6 Å². The Hall–Kier alpha value is -7.18. The number of alkyl halides is 1. The number of anilines is 3. The standard InChI is InChI=1S/C54H60ClN9O12S/c1-33-32-77-51-44(76-54(71)62-15-13-61(2)14-16-62)29-43-50(49(33)51)36(30-55)31-64(43)53(70)42-28-35-26-38(4-6-40(35)60-42)58-52(69)41-27-34-25-37(3-5-39(34)59-41)57-46(66)10-17-72-19-21-74-23-24-75-22-20-73-18-11-56-45(65)9-12-63-47(67)7-8-48(63)68/h3-8,25-29,32,36,59-60H,9-24,30-31H2,1-2H3,(H,56,65)(H,57,66)(H,58,69)/t36-/m1/s1. The van der Waals surface area contributed by atoms with Gasteiger partial charge >= 0.3 is 6.09 Å². The Morgan fingerprint density at radius 2 is 1.34 bits per heavy atom. The predicted octanol–water partition coefficient (Wildman–Crippen LogP) is 5.98. The van der Waals surface area contributed by atoms with Crippen LogP contribution in [0.25, 0.3) is 31.9 Å². The van der Waals surface area contributed by atoms with Crippen molar-refractivity contribution in [2.75, 3.05) is 127 Å². The zero-order valence-corrected chi connectivity index (χ0v) is 44.3. The molecule has 0 spiro atoms. The molecule has 1 saturated heterocycles. The van der Waals surface area contributed by atoms with Gasteiger partial charge < -0.3 is 64.3 Å². The molecule has 0 unspecified atom stereocenters. The normalized spacial score (nSPS) is 15.6. The second-order valence-electron chi connectivity index (χ2n) is 18.8. The molecular weight excluding hydrogens is 1030 g/mol. The number of carbonyl (C=O) groups is 7. The highest BCUT2D eigenvalue weighted by molar-refractivity contribution is 7.17. The Kier molecular flexibility index (Phi) is 18.0. The lowest BCUT2D eigenvalue weighted by Crippen LogP contribution is -2.48. The molecule has 6 heterocycles. The quantitative estimate of drug-likeness (QED) is 0.0266. The van der Waals surface area contributed by atoms with Crippen LogP contribution in [0.3, 0.4) is 0 Å². The van der Waals surface area contributed by atoms with E-state index in [9.17, 15) is 33.6 Å². The van der Waals surface area contributed by atoms with Crippen molar-refractivity contribution >= 4 is 113 Å². The zero-order valence-electron chi connectivity index (χ0n) is 42.7. The van der Waals surface area contributed by atoms with E-state index >= 15 is 0 Å². The smallest absolute Gasteiger partial charge is 0.409 e. The van der Waals surface area contributed by atoms with E-state index in [1.165, 1.54) is 23.5 Å². The van der Waals surface area contributed by atoms with Crippen LogP contribution in [-0.4, -0.2) is 178 Å². The largest absolute Gasteiger partial charge is 0.415 e. The summed E-state index contributed by atoms with van der Waals surface area (Å²) in [7, 11) is 2.02. The van der Waals surface area contributed by atoms with Gasteiger partial charge in [-0.1, -0.05) is 0 Å². The van der Waals surface area contributed by atoms with E-state index < -0.39 is 17.9 Å². The molecule has 9 rings (SSSR count).